The second kappa shape index (κ2) is 5.45. The Labute approximate surface area is 121 Å². The third-order valence-corrected chi connectivity index (χ3v) is 3.22. The maximum Gasteiger partial charge on any atom is 0.161 e. The molecule has 19 heavy (non-hydrogen) atoms. The first-order valence-electron chi connectivity index (χ1n) is 5.90. The molecule has 0 aliphatic rings. The van der Waals surface area contributed by atoms with E-state index in [0.717, 1.165) is 21.4 Å². The highest BCUT2D eigenvalue weighted by Crippen LogP contribution is 2.25. The Morgan fingerprint density at radius 1 is 1.16 bits per heavy atom. The van der Waals surface area contributed by atoms with Crippen molar-refractivity contribution < 1.29 is 4.79 Å². The van der Waals surface area contributed by atoms with E-state index in [1.54, 1.807) is 12.1 Å². The molecule has 2 rings (SSSR count). The summed E-state index contributed by atoms with van der Waals surface area (Å²) in [6, 6.07) is 11.4. The SMILES string of the molecule is CC(=O)c1cc(Nc2cc(C)cc(Br)c2)ccc1N. The second-order valence-electron chi connectivity index (χ2n) is 4.50. The summed E-state index contributed by atoms with van der Waals surface area (Å²) in [5.74, 6) is -0.0356. The van der Waals surface area contributed by atoms with Gasteiger partial charge in [-0.25, -0.2) is 0 Å². The number of ketones is 1. The van der Waals surface area contributed by atoms with Gasteiger partial charge in [0, 0.05) is 27.1 Å². The summed E-state index contributed by atoms with van der Waals surface area (Å²) < 4.78 is 1.01. The van der Waals surface area contributed by atoms with E-state index in [1.807, 2.05) is 31.2 Å². The van der Waals surface area contributed by atoms with Crippen molar-refractivity contribution in [2.75, 3.05) is 11.1 Å². The fourth-order valence-corrected chi connectivity index (χ4v) is 2.52. The number of benzene rings is 2. The van der Waals surface area contributed by atoms with Gasteiger partial charge in [0.05, 0.1) is 0 Å². The van der Waals surface area contributed by atoms with Crippen LogP contribution in [0.2, 0.25) is 0 Å². The van der Waals surface area contributed by atoms with Crippen molar-refractivity contribution in [3.05, 3.63) is 52.0 Å². The number of anilines is 3. The van der Waals surface area contributed by atoms with Crippen molar-refractivity contribution in [1.82, 2.24) is 0 Å². The van der Waals surface area contributed by atoms with Crippen LogP contribution in [-0.4, -0.2) is 5.78 Å². The topological polar surface area (TPSA) is 55.1 Å². The minimum atomic E-state index is -0.0356. The van der Waals surface area contributed by atoms with E-state index >= 15 is 0 Å². The number of carbonyl (C=O) groups is 1. The molecule has 2 aromatic carbocycles. The molecule has 2 aromatic rings. The monoisotopic (exact) mass is 318 g/mol. The number of hydrogen-bond donors (Lipinski definition) is 2. The van der Waals surface area contributed by atoms with E-state index in [1.165, 1.54) is 6.92 Å². The Morgan fingerprint density at radius 2 is 1.89 bits per heavy atom. The summed E-state index contributed by atoms with van der Waals surface area (Å²) in [6.45, 7) is 3.54. The molecule has 0 fully saturated rings. The highest BCUT2D eigenvalue weighted by atomic mass is 79.9. The molecular weight excluding hydrogens is 304 g/mol. The number of halogens is 1. The molecule has 0 aromatic heterocycles. The van der Waals surface area contributed by atoms with Gasteiger partial charge in [-0.2, -0.15) is 0 Å². The largest absolute Gasteiger partial charge is 0.398 e. The number of hydrogen-bond acceptors (Lipinski definition) is 3. The van der Waals surface area contributed by atoms with Crippen LogP contribution in [0.5, 0.6) is 0 Å². The quantitative estimate of drug-likeness (QED) is 0.655. The second-order valence-corrected chi connectivity index (χ2v) is 5.42. The highest BCUT2D eigenvalue weighted by Gasteiger charge is 2.06. The minimum Gasteiger partial charge on any atom is -0.398 e. The van der Waals surface area contributed by atoms with Crippen LogP contribution in [-0.2, 0) is 0 Å². The van der Waals surface area contributed by atoms with Gasteiger partial charge in [0.1, 0.15) is 0 Å². The van der Waals surface area contributed by atoms with E-state index in [9.17, 15) is 4.79 Å². The summed E-state index contributed by atoms with van der Waals surface area (Å²) in [5, 5.41) is 3.27. The summed E-state index contributed by atoms with van der Waals surface area (Å²) in [5.41, 5.74) is 9.78. The fourth-order valence-electron chi connectivity index (χ4n) is 1.91. The maximum absolute atomic E-state index is 11.5. The van der Waals surface area contributed by atoms with E-state index in [0.29, 0.717) is 11.3 Å². The number of Topliss-reactive ketones (excluding diaryl/α,β-unsaturated/α-hetero) is 1. The smallest absolute Gasteiger partial charge is 0.161 e. The molecule has 0 atom stereocenters. The molecule has 98 valence electrons. The van der Waals surface area contributed by atoms with Crippen LogP contribution in [0.3, 0.4) is 0 Å². The van der Waals surface area contributed by atoms with E-state index in [4.69, 9.17) is 5.73 Å². The zero-order chi connectivity index (χ0) is 14.0. The Kier molecular flexibility index (Phi) is 3.90. The van der Waals surface area contributed by atoms with Crippen LogP contribution in [0.4, 0.5) is 17.1 Å². The molecule has 0 bridgehead atoms. The van der Waals surface area contributed by atoms with Crippen LogP contribution in [0.25, 0.3) is 0 Å². The molecular formula is C15H15BrN2O. The number of rotatable bonds is 3. The molecule has 0 heterocycles. The summed E-state index contributed by atoms with van der Waals surface area (Å²) >= 11 is 3.46. The average Bonchev–Trinajstić information content (AvgIpc) is 2.30. The Hall–Kier alpha value is -1.81. The molecule has 0 amide bonds. The van der Waals surface area contributed by atoms with Gasteiger partial charge in [0.25, 0.3) is 0 Å². The van der Waals surface area contributed by atoms with Gasteiger partial charge in [-0.15, -0.1) is 0 Å². The molecule has 0 saturated heterocycles. The first-order chi connectivity index (χ1) is 8.95. The lowest BCUT2D eigenvalue weighted by Gasteiger charge is -2.10. The van der Waals surface area contributed by atoms with Crippen molar-refractivity contribution in [2.45, 2.75) is 13.8 Å². The van der Waals surface area contributed by atoms with Gasteiger partial charge in [0.2, 0.25) is 0 Å². The van der Waals surface area contributed by atoms with E-state index in [-0.39, 0.29) is 5.78 Å². The van der Waals surface area contributed by atoms with Crippen LogP contribution < -0.4 is 11.1 Å². The number of nitrogens with two attached hydrogens (primary N) is 1. The highest BCUT2D eigenvalue weighted by molar-refractivity contribution is 9.10. The summed E-state index contributed by atoms with van der Waals surface area (Å²) in [7, 11) is 0. The molecule has 0 aliphatic heterocycles. The van der Waals surface area contributed by atoms with Gasteiger partial charge in [-0.05, 0) is 55.8 Å². The normalized spacial score (nSPS) is 10.3. The van der Waals surface area contributed by atoms with Crippen LogP contribution in [0.1, 0.15) is 22.8 Å². The standard InChI is InChI=1S/C15H15BrN2O/c1-9-5-11(16)7-13(6-9)18-12-3-4-15(17)14(8-12)10(2)19/h3-8,18H,17H2,1-2H3. The number of carbonyl (C=O) groups excluding carboxylic acids is 1. The first kappa shape index (κ1) is 13.6. The van der Waals surface area contributed by atoms with Crippen molar-refractivity contribution in [3.63, 3.8) is 0 Å². The summed E-state index contributed by atoms with van der Waals surface area (Å²) in [6.07, 6.45) is 0. The predicted molar refractivity (Wildman–Crippen MR) is 83.0 cm³/mol. The molecule has 0 aliphatic carbocycles. The van der Waals surface area contributed by atoms with Crippen molar-refractivity contribution in [1.29, 1.82) is 0 Å². The molecule has 0 radical (unpaired) electrons. The molecule has 0 spiro atoms. The number of aryl methyl sites for hydroxylation is 1. The fraction of sp³-hybridized carbons (Fsp3) is 0.133. The van der Waals surface area contributed by atoms with Gasteiger partial charge in [-0.1, -0.05) is 15.9 Å². The lowest BCUT2D eigenvalue weighted by atomic mass is 10.1. The Balaban J connectivity index is 2.33. The molecule has 3 nitrogen and oxygen atoms in total. The predicted octanol–water partition coefficient (Wildman–Crippen LogP) is 4.29. The van der Waals surface area contributed by atoms with Crippen molar-refractivity contribution in [2.24, 2.45) is 0 Å². The summed E-state index contributed by atoms with van der Waals surface area (Å²) in [4.78, 5) is 11.5. The average molecular weight is 319 g/mol. The number of nitrogen functional groups attached to an aromatic ring is 1. The zero-order valence-electron chi connectivity index (χ0n) is 10.8. The van der Waals surface area contributed by atoms with Crippen LogP contribution in [0.15, 0.2) is 40.9 Å². The molecule has 0 unspecified atom stereocenters. The zero-order valence-corrected chi connectivity index (χ0v) is 12.4. The first-order valence-corrected chi connectivity index (χ1v) is 6.69. The lowest BCUT2D eigenvalue weighted by Crippen LogP contribution is -2.01. The van der Waals surface area contributed by atoms with Gasteiger partial charge in [-0.3, -0.25) is 4.79 Å². The van der Waals surface area contributed by atoms with Crippen LogP contribution in [0, 0.1) is 6.92 Å². The third kappa shape index (κ3) is 3.35. The number of nitrogens with one attached hydrogen (secondary N) is 1. The van der Waals surface area contributed by atoms with Gasteiger partial charge >= 0.3 is 0 Å². The minimum absolute atomic E-state index is 0.0356. The molecule has 3 N–H and O–H groups in total. The Bertz CT molecular complexity index is 618. The van der Waals surface area contributed by atoms with E-state index in [2.05, 4.69) is 21.2 Å². The third-order valence-electron chi connectivity index (χ3n) is 2.76. The van der Waals surface area contributed by atoms with E-state index < -0.39 is 0 Å². The van der Waals surface area contributed by atoms with Crippen molar-refractivity contribution >= 4 is 38.8 Å². The lowest BCUT2D eigenvalue weighted by molar-refractivity contribution is 0.101. The van der Waals surface area contributed by atoms with Crippen molar-refractivity contribution in [3.8, 4) is 0 Å². The molecule has 4 heteroatoms. The van der Waals surface area contributed by atoms with Gasteiger partial charge in [0.15, 0.2) is 5.78 Å². The molecule has 0 saturated carbocycles. The Morgan fingerprint density at radius 3 is 2.53 bits per heavy atom. The van der Waals surface area contributed by atoms with Crippen LogP contribution >= 0.6 is 15.9 Å². The maximum atomic E-state index is 11.5. The van der Waals surface area contributed by atoms with Gasteiger partial charge < -0.3 is 11.1 Å².